The molecule has 1 aromatic rings. The van der Waals surface area contributed by atoms with Crippen molar-refractivity contribution < 1.29 is 13.9 Å². The van der Waals surface area contributed by atoms with Gasteiger partial charge in [0.05, 0.1) is 12.6 Å². The fourth-order valence-electron chi connectivity index (χ4n) is 1.72. The lowest BCUT2D eigenvalue weighted by molar-refractivity contribution is -0.132. The molecule has 112 valence electrons. The van der Waals surface area contributed by atoms with Crippen molar-refractivity contribution in [3.8, 4) is 5.75 Å². The van der Waals surface area contributed by atoms with Crippen LogP contribution in [0.3, 0.4) is 0 Å². The maximum Gasteiger partial charge on any atom is 0.239 e. The number of hydrogen-bond donors (Lipinski definition) is 1. The summed E-state index contributed by atoms with van der Waals surface area (Å²) in [6.07, 6.45) is 0.854. The standard InChI is InChI=1S/C15H23FN2O2/c1-4-11(2)14(17)15(19)18(3)9-10-20-13-8-6-5-7-12(13)16/h5-8,11,14H,4,9-10,17H2,1-3H3/t11-,14-/m0/s1. The van der Waals surface area contributed by atoms with Gasteiger partial charge < -0.3 is 15.4 Å². The molecule has 4 nitrogen and oxygen atoms in total. The molecule has 0 fully saturated rings. The molecular weight excluding hydrogens is 259 g/mol. The second-order valence-corrected chi connectivity index (χ2v) is 4.95. The van der Waals surface area contributed by atoms with Crippen LogP contribution < -0.4 is 10.5 Å². The highest BCUT2D eigenvalue weighted by Gasteiger charge is 2.22. The summed E-state index contributed by atoms with van der Waals surface area (Å²) in [6, 6.07) is 5.69. The number of likely N-dealkylation sites (N-methyl/N-ethyl adjacent to an activating group) is 1. The number of benzene rings is 1. The zero-order valence-corrected chi connectivity index (χ0v) is 12.3. The van der Waals surface area contributed by atoms with Gasteiger partial charge in [-0.25, -0.2) is 4.39 Å². The van der Waals surface area contributed by atoms with Gasteiger partial charge in [0.2, 0.25) is 5.91 Å². The second kappa shape index (κ2) is 7.85. The van der Waals surface area contributed by atoms with Gasteiger partial charge in [-0.05, 0) is 18.1 Å². The molecule has 0 saturated carbocycles. The monoisotopic (exact) mass is 282 g/mol. The number of nitrogens with two attached hydrogens (primary N) is 1. The third kappa shape index (κ3) is 4.49. The number of carbonyl (C=O) groups excluding carboxylic acids is 1. The highest BCUT2D eigenvalue weighted by molar-refractivity contribution is 5.81. The fraction of sp³-hybridized carbons (Fsp3) is 0.533. The van der Waals surface area contributed by atoms with E-state index in [1.165, 1.54) is 11.0 Å². The van der Waals surface area contributed by atoms with E-state index in [4.69, 9.17) is 10.5 Å². The summed E-state index contributed by atoms with van der Waals surface area (Å²) in [6.45, 7) is 4.55. The van der Waals surface area contributed by atoms with Crippen LogP contribution in [0, 0.1) is 11.7 Å². The average Bonchev–Trinajstić information content (AvgIpc) is 2.46. The maximum atomic E-state index is 13.3. The molecule has 0 saturated heterocycles. The first kappa shape index (κ1) is 16.4. The first-order valence-electron chi connectivity index (χ1n) is 6.85. The molecule has 20 heavy (non-hydrogen) atoms. The van der Waals surface area contributed by atoms with Gasteiger partial charge in [-0.2, -0.15) is 0 Å². The Balaban J connectivity index is 2.42. The molecule has 1 aromatic carbocycles. The summed E-state index contributed by atoms with van der Waals surface area (Å²) >= 11 is 0. The molecule has 0 bridgehead atoms. The van der Waals surface area contributed by atoms with Crippen molar-refractivity contribution >= 4 is 5.91 Å². The molecule has 1 amide bonds. The van der Waals surface area contributed by atoms with Crippen LogP contribution in [0.15, 0.2) is 24.3 Å². The molecule has 0 spiro atoms. The highest BCUT2D eigenvalue weighted by Crippen LogP contribution is 2.15. The highest BCUT2D eigenvalue weighted by atomic mass is 19.1. The van der Waals surface area contributed by atoms with Crippen LogP contribution in [0.5, 0.6) is 5.75 Å². The summed E-state index contributed by atoms with van der Waals surface area (Å²) in [5, 5.41) is 0. The van der Waals surface area contributed by atoms with E-state index in [1.807, 2.05) is 13.8 Å². The predicted molar refractivity (Wildman–Crippen MR) is 77.0 cm³/mol. The molecule has 0 aliphatic carbocycles. The van der Waals surface area contributed by atoms with Crippen molar-refractivity contribution in [1.82, 2.24) is 4.90 Å². The Morgan fingerprint density at radius 3 is 2.70 bits per heavy atom. The van der Waals surface area contributed by atoms with Gasteiger partial charge in [-0.1, -0.05) is 32.4 Å². The van der Waals surface area contributed by atoms with Crippen LogP contribution in [-0.4, -0.2) is 37.0 Å². The van der Waals surface area contributed by atoms with Crippen molar-refractivity contribution in [2.45, 2.75) is 26.3 Å². The van der Waals surface area contributed by atoms with E-state index in [-0.39, 0.29) is 24.2 Å². The summed E-state index contributed by atoms with van der Waals surface area (Å²) in [5.41, 5.74) is 5.89. The van der Waals surface area contributed by atoms with Crippen molar-refractivity contribution in [2.24, 2.45) is 11.7 Å². The van der Waals surface area contributed by atoms with Gasteiger partial charge in [0.25, 0.3) is 0 Å². The predicted octanol–water partition coefficient (Wildman–Crippen LogP) is 2.04. The minimum absolute atomic E-state index is 0.114. The first-order valence-corrected chi connectivity index (χ1v) is 6.85. The number of halogens is 1. The van der Waals surface area contributed by atoms with E-state index in [0.29, 0.717) is 6.54 Å². The summed E-state index contributed by atoms with van der Waals surface area (Å²) in [7, 11) is 1.68. The van der Waals surface area contributed by atoms with Gasteiger partial charge in [-0.15, -0.1) is 0 Å². The third-order valence-corrected chi connectivity index (χ3v) is 3.44. The minimum Gasteiger partial charge on any atom is -0.489 e. The summed E-state index contributed by atoms with van der Waals surface area (Å²) in [5.74, 6) is -0.189. The van der Waals surface area contributed by atoms with Gasteiger partial charge in [0.1, 0.15) is 6.61 Å². The number of nitrogens with zero attached hydrogens (tertiary/aromatic N) is 1. The van der Waals surface area contributed by atoms with E-state index < -0.39 is 11.9 Å². The number of hydrogen-bond acceptors (Lipinski definition) is 3. The van der Waals surface area contributed by atoms with Crippen LogP contribution >= 0.6 is 0 Å². The summed E-state index contributed by atoms with van der Waals surface area (Å²) in [4.78, 5) is 13.5. The largest absolute Gasteiger partial charge is 0.489 e. The van der Waals surface area contributed by atoms with E-state index in [9.17, 15) is 9.18 Å². The van der Waals surface area contributed by atoms with Gasteiger partial charge in [0, 0.05) is 7.05 Å². The van der Waals surface area contributed by atoms with E-state index >= 15 is 0 Å². The van der Waals surface area contributed by atoms with Crippen LogP contribution in [0.4, 0.5) is 4.39 Å². The Morgan fingerprint density at radius 1 is 1.45 bits per heavy atom. The van der Waals surface area contributed by atoms with Crippen molar-refractivity contribution in [1.29, 1.82) is 0 Å². The van der Waals surface area contributed by atoms with E-state index in [2.05, 4.69) is 0 Å². The third-order valence-electron chi connectivity index (χ3n) is 3.44. The van der Waals surface area contributed by atoms with Crippen molar-refractivity contribution in [3.05, 3.63) is 30.1 Å². The molecule has 2 atom stereocenters. The number of para-hydroxylation sites is 1. The molecule has 5 heteroatoms. The molecule has 0 aliphatic heterocycles. The Kier molecular flexibility index (Phi) is 6.45. The lowest BCUT2D eigenvalue weighted by Crippen LogP contribution is -2.46. The van der Waals surface area contributed by atoms with Gasteiger partial charge in [-0.3, -0.25) is 4.79 Å². The molecule has 1 rings (SSSR count). The average molecular weight is 282 g/mol. The van der Waals surface area contributed by atoms with E-state index in [1.54, 1.807) is 25.2 Å². The van der Waals surface area contributed by atoms with Crippen LogP contribution in [0.25, 0.3) is 0 Å². The normalized spacial score (nSPS) is 13.7. The molecule has 0 radical (unpaired) electrons. The Hall–Kier alpha value is -1.62. The molecule has 0 heterocycles. The zero-order valence-electron chi connectivity index (χ0n) is 12.3. The first-order chi connectivity index (χ1) is 9.47. The topological polar surface area (TPSA) is 55.6 Å². The Morgan fingerprint density at radius 2 is 2.10 bits per heavy atom. The lowest BCUT2D eigenvalue weighted by Gasteiger charge is -2.24. The minimum atomic E-state index is -0.501. The lowest BCUT2D eigenvalue weighted by atomic mass is 9.99. The molecule has 0 aliphatic rings. The van der Waals surface area contributed by atoms with E-state index in [0.717, 1.165) is 6.42 Å². The molecular formula is C15H23FN2O2. The smallest absolute Gasteiger partial charge is 0.239 e. The SMILES string of the molecule is CC[C@H](C)[C@H](N)C(=O)N(C)CCOc1ccccc1F. The molecule has 0 aromatic heterocycles. The second-order valence-electron chi connectivity index (χ2n) is 4.95. The molecule has 2 N–H and O–H groups in total. The fourth-order valence-corrected chi connectivity index (χ4v) is 1.72. The van der Waals surface area contributed by atoms with Crippen LogP contribution in [0.2, 0.25) is 0 Å². The van der Waals surface area contributed by atoms with Crippen LogP contribution in [-0.2, 0) is 4.79 Å². The Labute approximate surface area is 119 Å². The van der Waals surface area contributed by atoms with Crippen molar-refractivity contribution in [2.75, 3.05) is 20.2 Å². The Bertz CT molecular complexity index is 440. The van der Waals surface area contributed by atoms with Gasteiger partial charge >= 0.3 is 0 Å². The number of amides is 1. The quantitative estimate of drug-likeness (QED) is 0.832. The number of rotatable bonds is 7. The maximum absolute atomic E-state index is 13.3. The zero-order chi connectivity index (χ0) is 15.1. The summed E-state index contributed by atoms with van der Waals surface area (Å²) < 4.78 is 18.6. The number of ether oxygens (including phenoxy) is 1. The number of carbonyl (C=O) groups is 1. The van der Waals surface area contributed by atoms with Gasteiger partial charge in [0.15, 0.2) is 11.6 Å². The van der Waals surface area contributed by atoms with Crippen LogP contribution in [0.1, 0.15) is 20.3 Å². The molecule has 0 unspecified atom stereocenters. The van der Waals surface area contributed by atoms with Crippen molar-refractivity contribution in [3.63, 3.8) is 0 Å².